The van der Waals surface area contributed by atoms with E-state index >= 15 is 0 Å². The fourth-order valence-corrected chi connectivity index (χ4v) is 2.20. The summed E-state index contributed by atoms with van der Waals surface area (Å²) < 4.78 is 0. The molecular formula is C9H16N2O. The highest BCUT2D eigenvalue weighted by molar-refractivity contribution is 5.87. The highest BCUT2D eigenvalue weighted by Crippen LogP contribution is 2.26. The van der Waals surface area contributed by atoms with Gasteiger partial charge in [0.1, 0.15) is 6.04 Å². The smallest absolute Gasteiger partial charge is 0.241 e. The lowest BCUT2D eigenvalue weighted by Gasteiger charge is -2.43. The normalized spacial score (nSPS) is 31.9. The maximum Gasteiger partial charge on any atom is 0.241 e. The van der Waals surface area contributed by atoms with E-state index in [1.165, 1.54) is 32.1 Å². The van der Waals surface area contributed by atoms with E-state index in [4.69, 9.17) is 5.73 Å². The molecule has 2 N–H and O–H groups in total. The van der Waals surface area contributed by atoms with Crippen molar-refractivity contribution in [2.24, 2.45) is 5.73 Å². The summed E-state index contributed by atoms with van der Waals surface area (Å²) in [6, 6.07) is 0.331. The van der Waals surface area contributed by atoms with Gasteiger partial charge in [0.25, 0.3) is 0 Å². The molecule has 1 unspecified atom stereocenters. The standard InChI is InChI=1S/C9H16N2O/c10-8-6-11(9(8)12)7-4-2-1-3-5-7/h7-8H,1-6,10H2. The van der Waals surface area contributed by atoms with Crippen molar-refractivity contribution in [1.82, 2.24) is 4.90 Å². The second-order valence-electron chi connectivity index (χ2n) is 3.89. The Bertz CT molecular complexity index is 187. The molecule has 0 bridgehead atoms. The first-order valence-corrected chi connectivity index (χ1v) is 4.85. The molecule has 1 heterocycles. The van der Waals surface area contributed by atoms with Crippen molar-refractivity contribution < 1.29 is 4.79 Å². The fraction of sp³-hybridized carbons (Fsp3) is 0.889. The zero-order chi connectivity index (χ0) is 8.55. The maximum absolute atomic E-state index is 11.3. The Morgan fingerprint density at radius 2 is 1.92 bits per heavy atom. The molecule has 1 aliphatic heterocycles. The van der Waals surface area contributed by atoms with Crippen LogP contribution in [0.15, 0.2) is 0 Å². The maximum atomic E-state index is 11.3. The van der Waals surface area contributed by atoms with Crippen molar-refractivity contribution in [3.8, 4) is 0 Å². The lowest BCUT2D eigenvalue weighted by molar-refractivity contribution is -0.146. The van der Waals surface area contributed by atoms with Gasteiger partial charge in [0.05, 0.1) is 0 Å². The predicted molar refractivity (Wildman–Crippen MR) is 46.6 cm³/mol. The average molecular weight is 168 g/mol. The zero-order valence-corrected chi connectivity index (χ0v) is 7.33. The van der Waals surface area contributed by atoms with E-state index < -0.39 is 0 Å². The molecule has 2 aliphatic rings. The third-order valence-electron chi connectivity index (χ3n) is 3.01. The van der Waals surface area contributed by atoms with E-state index in [0.29, 0.717) is 6.04 Å². The van der Waals surface area contributed by atoms with Crippen molar-refractivity contribution in [3.63, 3.8) is 0 Å². The molecule has 2 rings (SSSR count). The molecule has 3 nitrogen and oxygen atoms in total. The Labute approximate surface area is 72.9 Å². The van der Waals surface area contributed by atoms with E-state index in [-0.39, 0.29) is 11.9 Å². The number of hydrogen-bond donors (Lipinski definition) is 1. The van der Waals surface area contributed by atoms with Crippen LogP contribution in [0.2, 0.25) is 0 Å². The van der Waals surface area contributed by atoms with Gasteiger partial charge in [-0.25, -0.2) is 0 Å². The molecule has 12 heavy (non-hydrogen) atoms. The van der Waals surface area contributed by atoms with Crippen LogP contribution in [-0.4, -0.2) is 29.4 Å². The number of amides is 1. The first-order valence-electron chi connectivity index (χ1n) is 4.85. The lowest BCUT2D eigenvalue weighted by Crippen LogP contribution is -2.64. The molecule has 1 saturated heterocycles. The van der Waals surface area contributed by atoms with Crippen LogP contribution in [0.5, 0.6) is 0 Å². The molecule has 0 spiro atoms. The Morgan fingerprint density at radius 1 is 1.25 bits per heavy atom. The Morgan fingerprint density at radius 3 is 2.42 bits per heavy atom. The highest BCUT2D eigenvalue weighted by atomic mass is 16.2. The Kier molecular flexibility index (Phi) is 2.05. The van der Waals surface area contributed by atoms with Gasteiger partial charge in [0, 0.05) is 12.6 Å². The van der Waals surface area contributed by atoms with Crippen LogP contribution >= 0.6 is 0 Å². The minimum atomic E-state index is -0.188. The lowest BCUT2D eigenvalue weighted by atomic mass is 9.91. The number of nitrogens with zero attached hydrogens (tertiary/aromatic N) is 1. The minimum Gasteiger partial charge on any atom is -0.336 e. The second-order valence-corrected chi connectivity index (χ2v) is 3.89. The summed E-state index contributed by atoms with van der Waals surface area (Å²) in [4.78, 5) is 13.2. The second kappa shape index (κ2) is 3.05. The molecule has 1 saturated carbocycles. The monoisotopic (exact) mass is 168 g/mol. The van der Waals surface area contributed by atoms with Gasteiger partial charge in [0.15, 0.2) is 0 Å². The van der Waals surface area contributed by atoms with Crippen LogP contribution in [0.4, 0.5) is 0 Å². The molecule has 0 aromatic rings. The van der Waals surface area contributed by atoms with Crippen LogP contribution in [0, 0.1) is 0 Å². The largest absolute Gasteiger partial charge is 0.336 e. The topological polar surface area (TPSA) is 46.3 Å². The van der Waals surface area contributed by atoms with E-state index in [0.717, 1.165) is 6.54 Å². The van der Waals surface area contributed by atoms with Gasteiger partial charge < -0.3 is 10.6 Å². The molecule has 68 valence electrons. The van der Waals surface area contributed by atoms with Gasteiger partial charge in [-0.15, -0.1) is 0 Å². The number of nitrogens with two attached hydrogens (primary N) is 1. The van der Waals surface area contributed by atoms with Crippen LogP contribution in [0.3, 0.4) is 0 Å². The summed E-state index contributed by atoms with van der Waals surface area (Å²) in [7, 11) is 0. The van der Waals surface area contributed by atoms with Gasteiger partial charge in [0.2, 0.25) is 5.91 Å². The van der Waals surface area contributed by atoms with Gasteiger partial charge in [-0.1, -0.05) is 19.3 Å². The van der Waals surface area contributed by atoms with E-state index in [2.05, 4.69) is 0 Å². The third-order valence-corrected chi connectivity index (χ3v) is 3.01. The van der Waals surface area contributed by atoms with E-state index in [9.17, 15) is 4.79 Å². The molecular weight excluding hydrogens is 152 g/mol. The number of carbonyl (C=O) groups excluding carboxylic acids is 1. The van der Waals surface area contributed by atoms with Gasteiger partial charge in [-0.05, 0) is 12.8 Å². The van der Waals surface area contributed by atoms with E-state index in [1.807, 2.05) is 4.90 Å². The molecule has 1 amide bonds. The van der Waals surface area contributed by atoms with E-state index in [1.54, 1.807) is 0 Å². The Balaban J connectivity index is 1.88. The van der Waals surface area contributed by atoms with Crippen molar-refractivity contribution >= 4 is 5.91 Å². The van der Waals surface area contributed by atoms with Gasteiger partial charge in [-0.3, -0.25) is 4.79 Å². The van der Waals surface area contributed by atoms with Gasteiger partial charge >= 0.3 is 0 Å². The van der Waals surface area contributed by atoms with Crippen LogP contribution < -0.4 is 5.73 Å². The predicted octanol–water partition coefficient (Wildman–Crippen LogP) is 0.489. The number of β-lactam (4-membered cyclic amide) rings is 1. The van der Waals surface area contributed by atoms with Gasteiger partial charge in [-0.2, -0.15) is 0 Å². The number of carbonyl (C=O) groups is 1. The van der Waals surface area contributed by atoms with Crippen molar-refractivity contribution in [1.29, 1.82) is 0 Å². The number of rotatable bonds is 1. The molecule has 1 atom stereocenters. The minimum absolute atomic E-state index is 0.168. The van der Waals surface area contributed by atoms with Crippen LogP contribution in [0.1, 0.15) is 32.1 Å². The molecule has 3 heteroatoms. The summed E-state index contributed by atoms with van der Waals surface area (Å²) in [6.07, 6.45) is 6.29. The summed E-state index contributed by atoms with van der Waals surface area (Å²) in [5.41, 5.74) is 5.53. The first kappa shape index (κ1) is 8.05. The van der Waals surface area contributed by atoms with Crippen molar-refractivity contribution in [2.75, 3.05) is 6.54 Å². The fourth-order valence-electron chi connectivity index (χ4n) is 2.20. The SMILES string of the molecule is NC1CN(C2CCCCC2)C1=O. The highest BCUT2D eigenvalue weighted by Gasteiger charge is 2.38. The molecule has 2 fully saturated rings. The van der Waals surface area contributed by atoms with Crippen LogP contribution in [-0.2, 0) is 4.79 Å². The summed E-state index contributed by atoms with van der Waals surface area (Å²) in [5, 5.41) is 0. The van der Waals surface area contributed by atoms with Crippen molar-refractivity contribution in [3.05, 3.63) is 0 Å². The zero-order valence-electron chi connectivity index (χ0n) is 7.33. The molecule has 0 aromatic heterocycles. The average Bonchev–Trinajstić information content (AvgIpc) is 2.15. The third kappa shape index (κ3) is 1.22. The summed E-state index contributed by atoms with van der Waals surface area (Å²) >= 11 is 0. The quantitative estimate of drug-likeness (QED) is 0.579. The van der Waals surface area contributed by atoms with Crippen LogP contribution in [0.25, 0.3) is 0 Å². The molecule has 1 aliphatic carbocycles. The number of likely N-dealkylation sites (tertiary alicyclic amines) is 1. The molecule has 0 radical (unpaired) electrons. The molecule has 0 aromatic carbocycles. The summed E-state index contributed by atoms with van der Waals surface area (Å²) in [5.74, 6) is 0.168. The number of hydrogen-bond acceptors (Lipinski definition) is 2. The van der Waals surface area contributed by atoms with Crippen molar-refractivity contribution in [2.45, 2.75) is 44.2 Å². The first-order chi connectivity index (χ1) is 5.79. The summed E-state index contributed by atoms with van der Waals surface area (Å²) in [6.45, 7) is 0.795. The Hall–Kier alpha value is -0.570.